The van der Waals surface area contributed by atoms with Crippen LogP contribution in [-0.4, -0.2) is 53.9 Å². The van der Waals surface area contributed by atoms with Gasteiger partial charge in [-0.2, -0.15) is 0 Å². The number of cyclic esters (lactones) is 1. The molecule has 2 aliphatic carbocycles. The molecule has 0 bridgehead atoms. The van der Waals surface area contributed by atoms with Gasteiger partial charge in [-0.05, 0) is 88.4 Å². The molecule has 0 radical (unpaired) electrons. The number of carbonyl (C=O) groups excluding carboxylic acids is 3. The van der Waals surface area contributed by atoms with Crippen molar-refractivity contribution < 1.29 is 28.6 Å². The Kier molecular flexibility index (Phi) is 9.53. The van der Waals surface area contributed by atoms with Gasteiger partial charge in [-0.15, -0.1) is 0 Å². The molecule has 2 saturated carbocycles. The highest BCUT2D eigenvalue weighted by molar-refractivity contribution is 7.80. The van der Waals surface area contributed by atoms with E-state index in [1.807, 2.05) is 26.8 Å². The second-order valence-electron chi connectivity index (χ2n) is 12.8. The number of ether oxygens (including phenoxy) is 3. The van der Waals surface area contributed by atoms with Crippen LogP contribution in [0, 0.1) is 22.7 Å². The summed E-state index contributed by atoms with van der Waals surface area (Å²) in [5, 5.41) is 3.65. The minimum Gasteiger partial charge on any atom is -0.465 e. The Morgan fingerprint density at radius 1 is 1.23 bits per heavy atom. The molecule has 0 saturated heterocycles. The Balaban J connectivity index is 1.91. The van der Waals surface area contributed by atoms with Crippen LogP contribution in [0.25, 0.3) is 0 Å². The highest BCUT2D eigenvalue weighted by Gasteiger charge is 2.60. The normalized spacial score (nSPS) is 31.4. The van der Waals surface area contributed by atoms with Crippen molar-refractivity contribution in [3.63, 3.8) is 0 Å². The molecule has 0 spiro atoms. The van der Waals surface area contributed by atoms with Crippen LogP contribution in [0.4, 0.5) is 0 Å². The molecule has 9 nitrogen and oxygen atoms in total. The predicted molar refractivity (Wildman–Crippen MR) is 152 cm³/mol. The quantitative estimate of drug-likeness (QED) is 0.132. The lowest BCUT2D eigenvalue weighted by molar-refractivity contribution is -0.192. The zero-order valence-corrected chi connectivity index (χ0v) is 25.2. The lowest BCUT2D eigenvalue weighted by atomic mass is 9.46. The summed E-state index contributed by atoms with van der Waals surface area (Å²) < 4.78 is 16.6. The highest BCUT2D eigenvalue weighted by Crippen LogP contribution is 2.62. The van der Waals surface area contributed by atoms with Crippen molar-refractivity contribution in [3.8, 4) is 0 Å². The van der Waals surface area contributed by atoms with E-state index in [0.29, 0.717) is 23.5 Å². The van der Waals surface area contributed by atoms with E-state index in [2.05, 4.69) is 36.6 Å². The summed E-state index contributed by atoms with van der Waals surface area (Å²) in [5.41, 5.74) is 7.05. The van der Waals surface area contributed by atoms with Gasteiger partial charge in [0.25, 0.3) is 0 Å². The third kappa shape index (κ3) is 7.20. The highest BCUT2D eigenvalue weighted by atomic mass is 32.1. The number of fused-ring (bicyclic) bond motifs is 1. The first-order chi connectivity index (χ1) is 18.1. The average molecular weight is 564 g/mol. The number of hydrazine groups is 1. The number of esters is 3. The van der Waals surface area contributed by atoms with Crippen LogP contribution >= 0.6 is 12.2 Å². The van der Waals surface area contributed by atoms with Gasteiger partial charge in [0, 0.05) is 24.8 Å². The number of nitrogens with one attached hydrogen (secondary N) is 3. The molecule has 218 valence electrons. The fourth-order valence-corrected chi connectivity index (χ4v) is 7.30. The molecule has 6 atom stereocenters. The van der Waals surface area contributed by atoms with Gasteiger partial charge in [-0.3, -0.25) is 15.0 Å². The molecular weight excluding hydrogens is 518 g/mol. The Morgan fingerprint density at radius 3 is 2.49 bits per heavy atom. The van der Waals surface area contributed by atoms with Crippen LogP contribution in [0.5, 0.6) is 0 Å². The number of allylic oxidation sites excluding steroid dienone is 1. The molecule has 2 fully saturated rings. The molecule has 0 amide bonds. The van der Waals surface area contributed by atoms with Gasteiger partial charge in [0.1, 0.15) is 19.3 Å². The minimum absolute atomic E-state index is 0.0453. The van der Waals surface area contributed by atoms with E-state index in [1.54, 1.807) is 0 Å². The van der Waals surface area contributed by atoms with Crippen LogP contribution in [0.2, 0.25) is 0 Å². The number of carbonyl (C=O) groups is 3. The fourth-order valence-electron chi connectivity index (χ4n) is 6.93. The van der Waals surface area contributed by atoms with Crippen molar-refractivity contribution in [3.05, 3.63) is 23.8 Å². The molecule has 0 unspecified atom stereocenters. The molecule has 0 aromatic carbocycles. The van der Waals surface area contributed by atoms with Crippen molar-refractivity contribution in [2.45, 2.75) is 98.3 Å². The van der Waals surface area contributed by atoms with Crippen molar-refractivity contribution in [2.24, 2.45) is 22.7 Å². The maximum Gasteiger partial charge on any atom is 0.335 e. The molecule has 3 aliphatic rings. The molecule has 10 heteroatoms. The summed E-state index contributed by atoms with van der Waals surface area (Å²) in [6.45, 7) is 18.1. The van der Waals surface area contributed by atoms with E-state index in [9.17, 15) is 14.4 Å². The molecular formula is C29H45N3O6S. The number of hydrogen-bond acceptors (Lipinski definition) is 8. The zero-order chi connectivity index (χ0) is 29.2. The maximum atomic E-state index is 12.6. The van der Waals surface area contributed by atoms with E-state index in [1.165, 1.54) is 13.8 Å². The van der Waals surface area contributed by atoms with Crippen LogP contribution in [0.3, 0.4) is 0 Å². The molecule has 0 aromatic rings. The average Bonchev–Trinajstić information content (AvgIpc) is 3.23. The van der Waals surface area contributed by atoms with Crippen LogP contribution < -0.4 is 16.2 Å². The third-order valence-electron chi connectivity index (χ3n) is 8.66. The van der Waals surface area contributed by atoms with E-state index < -0.39 is 5.41 Å². The van der Waals surface area contributed by atoms with Crippen LogP contribution in [0.15, 0.2) is 23.8 Å². The Labute approximate surface area is 237 Å². The van der Waals surface area contributed by atoms with Crippen molar-refractivity contribution in [1.82, 2.24) is 16.2 Å². The summed E-state index contributed by atoms with van der Waals surface area (Å²) in [7, 11) is 0. The SMILES string of the molecule is C=C1CC[C@@H]2[C@](C)(COC(C)=O)[C@H](OC(C)=O)CC[C@@]2(C)[C@@H]1C[C@H](NNC(=S)NC(C)(C)C)C1=CCOC1=O. The van der Waals surface area contributed by atoms with Gasteiger partial charge in [-0.1, -0.05) is 26.0 Å². The van der Waals surface area contributed by atoms with Crippen molar-refractivity contribution in [1.29, 1.82) is 0 Å². The van der Waals surface area contributed by atoms with E-state index in [0.717, 1.165) is 24.8 Å². The van der Waals surface area contributed by atoms with Gasteiger partial charge in [0.15, 0.2) is 5.11 Å². The zero-order valence-electron chi connectivity index (χ0n) is 24.4. The Bertz CT molecular complexity index is 1040. The monoisotopic (exact) mass is 563 g/mol. The van der Waals surface area contributed by atoms with Gasteiger partial charge in [0.2, 0.25) is 0 Å². The van der Waals surface area contributed by atoms with Crippen molar-refractivity contribution >= 4 is 35.2 Å². The first-order valence-corrected chi connectivity index (χ1v) is 14.2. The number of hydrogen-bond donors (Lipinski definition) is 3. The summed E-state index contributed by atoms with van der Waals surface area (Å²) in [6.07, 6.45) is 5.15. The molecule has 1 aliphatic heterocycles. The third-order valence-corrected chi connectivity index (χ3v) is 8.86. The van der Waals surface area contributed by atoms with E-state index in [-0.39, 0.29) is 66.1 Å². The molecule has 39 heavy (non-hydrogen) atoms. The standard InChI is InChI=1S/C29H45N3O6S/c1-17-9-10-23-28(7,13-11-24(38-19(3)34)29(23,8)16-37-18(2)33)21(17)15-22(20-12-14-36-25(20)35)31-32-26(39)30-27(4,5)6/h12,21-24,31H,1,9-11,13-16H2,2-8H3,(H2,30,32,39)/t21-,22+,23+,24-,28+,29+/m1/s1. The van der Waals surface area contributed by atoms with Crippen LogP contribution in [-0.2, 0) is 28.6 Å². The molecule has 0 aromatic heterocycles. The summed E-state index contributed by atoms with van der Waals surface area (Å²) in [5.74, 6) is -0.894. The Hall–Kier alpha value is -2.46. The smallest absolute Gasteiger partial charge is 0.335 e. The second kappa shape index (κ2) is 12.0. The van der Waals surface area contributed by atoms with Gasteiger partial charge >= 0.3 is 17.9 Å². The largest absolute Gasteiger partial charge is 0.465 e. The summed E-state index contributed by atoms with van der Waals surface area (Å²) in [6, 6.07) is -0.372. The minimum atomic E-state index is -0.561. The first-order valence-electron chi connectivity index (χ1n) is 13.8. The van der Waals surface area contributed by atoms with E-state index in [4.69, 9.17) is 26.4 Å². The lowest BCUT2D eigenvalue weighted by Gasteiger charge is -2.60. The molecule has 1 heterocycles. The van der Waals surface area contributed by atoms with Crippen LogP contribution in [0.1, 0.15) is 80.6 Å². The van der Waals surface area contributed by atoms with Gasteiger partial charge in [-0.25, -0.2) is 10.2 Å². The number of thiocarbonyl (C=S) groups is 1. The van der Waals surface area contributed by atoms with Gasteiger partial charge < -0.3 is 19.5 Å². The van der Waals surface area contributed by atoms with Gasteiger partial charge in [0.05, 0.1) is 11.6 Å². The lowest BCUT2D eigenvalue weighted by Crippen LogP contribution is -2.60. The first kappa shape index (κ1) is 31.1. The Morgan fingerprint density at radius 2 is 1.92 bits per heavy atom. The number of rotatable bonds is 8. The predicted octanol–water partition coefficient (Wildman–Crippen LogP) is 3.88. The fraction of sp³-hybridized carbons (Fsp3) is 0.724. The molecule has 3 N–H and O–H groups in total. The maximum absolute atomic E-state index is 12.6. The summed E-state index contributed by atoms with van der Waals surface area (Å²) >= 11 is 5.47. The molecule has 3 rings (SSSR count). The van der Waals surface area contributed by atoms with Crippen molar-refractivity contribution in [2.75, 3.05) is 13.2 Å². The second-order valence-corrected chi connectivity index (χ2v) is 13.2. The summed E-state index contributed by atoms with van der Waals surface area (Å²) in [4.78, 5) is 36.5. The van der Waals surface area contributed by atoms with E-state index >= 15 is 0 Å². The topological polar surface area (TPSA) is 115 Å².